The molecule has 1 aromatic rings. The van der Waals surface area contributed by atoms with Crippen molar-refractivity contribution in [1.29, 1.82) is 5.26 Å². The van der Waals surface area contributed by atoms with Crippen LogP contribution in [0.25, 0.3) is 0 Å². The first kappa shape index (κ1) is 13.8. The Bertz CT molecular complexity index is 635. The van der Waals surface area contributed by atoms with Gasteiger partial charge in [0.25, 0.3) is 5.56 Å². The van der Waals surface area contributed by atoms with E-state index in [2.05, 4.69) is 0 Å². The van der Waals surface area contributed by atoms with Crippen molar-refractivity contribution in [2.45, 2.75) is 23.3 Å². The molecule has 0 spiro atoms. The highest BCUT2D eigenvalue weighted by Gasteiger charge is 2.55. The van der Waals surface area contributed by atoms with Crippen LogP contribution < -0.4 is 11.2 Å². The van der Waals surface area contributed by atoms with E-state index < -0.39 is 41.2 Å². The minimum Gasteiger partial charge on any atom is -0.392 e. The lowest BCUT2D eigenvalue weighted by molar-refractivity contribution is -0.0924. The summed E-state index contributed by atoms with van der Waals surface area (Å²) in [6.45, 7) is -0.775. The van der Waals surface area contributed by atoms with Crippen molar-refractivity contribution in [3.8, 4) is 6.07 Å². The van der Waals surface area contributed by atoms with E-state index in [1.54, 1.807) is 6.07 Å². The fourth-order valence-corrected chi connectivity index (χ4v) is 2.24. The SMILES string of the molecule is N#C[C@]1(CO)O[C@@H](n2ccc(=O)[nH]c2=O)[C@H](Cl)[C@@H]1O. The number of rotatable bonds is 2. The van der Waals surface area contributed by atoms with E-state index in [-0.39, 0.29) is 0 Å². The molecule has 1 fully saturated rings. The molecule has 0 saturated carbocycles. The van der Waals surface area contributed by atoms with Crippen LogP contribution in [-0.4, -0.2) is 43.5 Å². The predicted molar refractivity (Wildman–Crippen MR) is 62.5 cm³/mol. The van der Waals surface area contributed by atoms with Crippen LogP contribution in [0.2, 0.25) is 0 Å². The van der Waals surface area contributed by atoms with E-state index in [1.165, 1.54) is 0 Å². The van der Waals surface area contributed by atoms with Crippen molar-refractivity contribution in [1.82, 2.24) is 9.55 Å². The smallest absolute Gasteiger partial charge is 0.330 e. The summed E-state index contributed by atoms with van der Waals surface area (Å²) in [5.41, 5.74) is -3.28. The minimum atomic E-state index is -1.90. The third kappa shape index (κ3) is 2.06. The maximum atomic E-state index is 11.6. The minimum absolute atomic E-state index is 0.598. The molecular weight excluding hydrogens is 278 g/mol. The Morgan fingerprint density at radius 1 is 1.63 bits per heavy atom. The summed E-state index contributed by atoms with van der Waals surface area (Å²) >= 11 is 5.93. The molecule has 0 bridgehead atoms. The van der Waals surface area contributed by atoms with Gasteiger partial charge in [0.1, 0.15) is 17.6 Å². The summed E-state index contributed by atoms with van der Waals surface area (Å²) < 4.78 is 6.17. The van der Waals surface area contributed by atoms with Crippen LogP contribution >= 0.6 is 11.6 Å². The second-order valence-electron chi connectivity index (χ2n) is 4.07. The topological polar surface area (TPSA) is 128 Å². The van der Waals surface area contributed by atoms with Crippen molar-refractivity contribution in [3.05, 3.63) is 33.1 Å². The summed E-state index contributed by atoms with van der Waals surface area (Å²) in [4.78, 5) is 24.6. The van der Waals surface area contributed by atoms with Crippen molar-refractivity contribution in [2.75, 3.05) is 6.61 Å². The normalized spacial score (nSPS) is 34.1. The first-order chi connectivity index (χ1) is 8.95. The van der Waals surface area contributed by atoms with Gasteiger partial charge in [0, 0.05) is 12.3 Å². The van der Waals surface area contributed by atoms with Crippen molar-refractivity contribution in [3.63, 3.8) is 0 Å². The number of alkyl halides is 1. The molecule has 8 nitrogen and oxygen atoms in total. The summed E-state index contributed by atoms with van der Waals surface area (Å²) in [5.74, 6) is 0. The average molecular weight is 288 g/mol. The van der Waals surface area contributed by atoms with Gasteiger partial charge in [0.05, 0.1) is 6.61 Å². The van der Waals surface area contributed by atoms with Gasteiger partial charge in [-0.2, -0.15) is 5.26 Å². The Hall–Kier alpha value is -1.66. The van der Waals surface area contributed by atoms with Gasteiger partial charge in [-0.1, -0.05) is 0 Å². The molecular formula is C10H10ClN3O5. The second kappa shape index (κ2) is 4.79. The van der Waals surface area contributed by atoms with Gasteiger partial charge in [-0.15, -0.1) is 11.6 Å². The number of nitriles is 1. The number of aromatic amines is 1. The third-order valence-electron chi connectivity index (χ3n) is 2.93. The molecule has 1 aliphatic rings. The number of halogens is 1. The van der Waals surface area contributed by atoms with E-state index in [9.17, 15) is 19.8 Å². The summed E-state index contributed by atoms with van der Waals surface area (Å²) in [6.07, 6.45) is -1.51. The first-order valence-electron chi connectivity index (χ1n) is 5.29. The van der Waals surface area contributed by atoms with E-state index in [0.717, 1.165) is 16.8 Å². The van der Waals surface area contributed by atoms with E-state index in [0.29, 0.717) is 0 Å². The summed E-state index contributed by atoms with van der Waals surface area (Å²) in [6, 6.07) is 2.72. The number of aromatic nitrogens is 2. The molecule has 0 unspecified atom stereocenters. The molecule has 102 valence electrons. The maximum Gasteiger partial charge on any atom is 0.330 e. The van der Waals surface area contributed by atoms with Gasteiger partial charge in [0.15, 0.2) is 6.23 Å². The molecule has 1 aliphatic heterocycles. The number of ether oxygens (including phenoxy) is 1. The molecule has 1 aromatic heterocycles. The van der Waals surface area contributed by atoms with Gasteiger partial charge in [-0.3, -0.25) is 14.3 Å². The molecule has 0 aromatic carbocycles. The molecule has 0 radical (unpaired) electrons. The van der Waals surface area contributed by atoms with Crippen LogP contribution in [0.15, 0.2) is 21.9 Å². The Balaban J connectivity index is 2.46. The van der Waals surface area contributed by atoms with Crippen molar-refractivity contribution < 1.29 is 14.9 Å². The molecule has 0 amide bonds. The van der Waals surface area contributed by atoms with Crippen LogP contribution in [0.1, 0.15) is 6.23 Å². The fraction of sp³-hybridized carbons (Fsp3) is 0.500. The number of nitrogens with one attached hydrogen (secondary N) is 1. The highest BCUT2D eigenvalue weighted by Crippen LogP contribution is 2.39. The van der Waals surface area contributed by atoms with Gasteiger partial charge < -0.3 is 14.9 Å². The number of aliphatic hydroxyl groups is 2. The lowest BCUT2D eigenvalue weighted by Crippen LogP contribution is -2.43. The molecule has 2 rings (SSSR count). The fourth-order valence-electron chi connectivity index (χ4n) is 1.86. The number of hydrogen-bond acceptors (Lipinski definition) is 6. The molecule has 3 N–H and O–H groups in total. The molecule has 1 saturated heterocycles. The zero-order valence-corrected chi connectivity index (χ0v) is 10.2. The molecule has 4 atom stereocenters. The lowest BCUT2D eigenvalue weighted by Gasteiger charge is -2.21. The quantitative estimate of drug-likeness (QED) is 0.556. The van der Waals surface area contributed by atoms with Gasteiger partial charge >= 0.3 is 5.69 Å². The van der Waals surface area contributed by atoms with Gasteiger partial charge in [0.2, 0.25) is 5.60 Å². The number of H-pyrrole nitrogens is 1. The van der Waals surface area contributed by atoms with Gasteiger partial charge in [-0.25, -0.2) is 4.79 Å². The summed E-state index contributed by atoms with van der Waals surface area (Å²) in [7, 11) is 0. The van der Waals surface area contributed by atoms with E-state index in [4.69, 9.17) is 21.6 Å². The predicted octanol–water partition coefficient (Wildman–Crippen LogP) is -1.71. The van der Waals surface area contributed by atoms with Crippen LogP contribution in [0.4, 0.5) is 0 Å². The molecule has 9 heteroatoms. The summed E-state index contributed by atoms with van der Waals surface area (Å²) in [5, 5.41) is 26.9. The molecule has 2 heterocycles. The van der Waals surface area contributed by atoms with Crippen LogP contribution in [0.5, 0.6) is 0 Å². The highest BCUT2D eigenvalue weighted by molar-refractivity contribution is 6.21. The monoisotopic (exact) mass is 287 g/mol. The Kier molecular flexibility index (Phi) is 3.47. The average Bonchev–Trinajstić information content (AvgIpc) is 2.64. The van der Waals surface area contributed by atoms with E-state index in [1.807, 2.05) is 4.98 Å². The Morgan fingerprint density at radius 3 is 2.79 bits per heavy atom. The van der Waals surface area contributed by atoms with Crippen LogP contribution in [0.3, 0.4) is 0 Å². The van der Waals surface area contributed by atoms with Crippen LogP contribution in [0, 0.1) is 11.3 Å². The number of nitrogens with zero attached hydrogens (tertiary/aromatic N) is 2. The molecule has 19 heavy (non-hydrogen) atoms. The largest absolute Gasteiger partial charge is 0.392 e. The molecule has 0 aliphatic carbocycles. The Labute approximate surface area is 111 Å². The maximum absolute atomic E-state index is 11.6. The van der Waals surface area contributed by atoms with Crippen molar-refractivity contribution >= 4 is 11.6 Å². The van der Waals surface area contributed by atoms with Crippen LogP contribution in [-0.2, 0) is 4.74 Å². The van der Waals surface area contributed by atoms with E-state index >= 15 is 0 Å². The Morgan fingerprint density at radius 2 is 2.32 bits per heavy atom. The third-order valence-corrected chi connectivity index (χ3v) is 3.39. The standard InChI is InChI=1S/C10H10ClN3O5/c11-6-7(17)10(3-12,4-15)19-8(6)14-2-1-5(16)13-9(14)18/h1-2,6-8,15,17H,4H2,(H,13,16,18)/t6-,7+,8-,10-/m1/s1. The number of aliphatic hydroxyl groups excluding tert-OH is 2. The zero-order chi connectivity index (χ0) is 14.2. The van der Waals surface area contributed by atoms with Crippen molar-refractivity contribution in [2.24, 2.45) is 0 Å². The highest BCUT2D eigenvalue weighted by atomic mass is 35.5. The number of hydrogen-bond donors (Lipinski definition) is 3. The zero-order valence-electron chi connectivity index (χ0n) is 9.49. The first-order valence-corrected chi connectivity index (χ1v) is 5.72. The second-order valence-corrected chi connectivity index (χ2v) is 4.58. The van der Waals surface area contributed by atoms with Gasteiger partial charge in [-0.05, 0) is 0 Å². The lowest BCUT2D eigenvalue weighted by atomic mass is 9.99.